The molecule has 0 aromatic heterocycles. The monoisotopic (exact) mass is 394 g/mol. The molecule has 154 valence electrons. The Morgan fingerprint density at radius 2 is 1.62 bits per heavy atom. The summed E-state index contributed by atoms with van der Waals surface area (Å²) < 4.78 is 17.3. The molecule has 0 atom stereocenters. The van der Waals surface area contributed by atoms with Crippen LogP contribution in [-0.2, 0) is 0 Å². The average Bonchev–Trinajstić information content (AvgIpc) is 2.67. The number of ketones is 1. The number of carbonyl (C=O) groups is 1. The predicted molar refractivity (Wildman–Crippen MR) is 118 cm³/mol. The summed E-state index contributed by atoms with van der Waals surface area (Å²) in [6.07, 6.45) is 5.11. The van der Waals surface area contributed by atoms with Crippen LogP contribution < -0.4 is 14.2 Å². The molecule has 2 aromatic carbocycles. The van der Waals surface area contributed by atoms with Crippen LogP contribution in [0.3, 0.4) is 0 Å². The van der Waals surface area contributed by atoms with Crippen molar-refractivity contribution in [3.8, 4) is 17.2 Å². The number of ether oxygens (including phenoxy) is 3. The Bertz CT molecular complexity index is 861. The molecule has 29 heavy (non-hydrogen) atoms. The first-order valence-electron chi connectivity index (χ1n) is 9.84. The van der Waals surface area contributed by atoms with E-state index in [1.807, 2.05) is 46.8 Å². The van der Waals surface area contributed by atoms with Gasteiger partial charge in [-0.1, -0.05) is 12.7 Å². The molecule has 0 saturated heterocycles. The zero-order chi connectivity index (χ0) is 21.4. The van der Waals surface area contributed by atoms with Gasteiger partial charge in [-0.25, -0.2) is 0 Å². The largest absolute Gasteiger partial charge is 0.491 e. The molecule has 0 radical (unpaired) electrons. The minimum absolute atomic E-state index is 0.00978. The number of rotatable bonds is 10. The summed E-state index contributed by atoms with van der Waals surface area (Å²) in [4.78, 5) is 12.6. The van der Waals surface area contributed by atoms with Crippen molar-refractivity contribution in [2.75, 3.05) is 6.61 Å². The van der Waals surface area contributed by atoms with Gasteiger partial charge in [0.2, 0.25) is 0 Å². The summed E-state index contributed by atoms with van der Waals surface area (Å²) >= 11 is 0. The van der Waals surface area contributed by atoms with Crippen LogP contribution in [0.4, 0.5) is 0 Å². The van der Waals surface area contributed by atoms with Gasteiger partial charge in [0.25, 0.3) is 0 Å². The summed E-state index contributed by atoms with van der Waals surface area (Å²) in [7, 11) is 0. The predicted octanol–water partition coefficient (Wildman–Crippen LogP) is 6.03. The Morgan fingerprint density at radius 1 is 1.00 bits per heavy atom. The van der Waals surface area contributed by atoms with E-state index in [9.17, 15) is 4.79 Å². The van der Waals surface area contributed by atoms with Crippen LogP contribution in [0.1, 0.15) is 49.2 Å². The summed E-state index contributed by atoms with van der Waals surface area (Å²) in [6, 6.07) is 10.9. The van der Waals surface area contributed by atoms with Gasteiger partial charge >= 0.3 is 0 Å². The van der Waals surface area contributed by atoms with Gasteiger partial charge in [0.15, 0.2) is 5.78 Å². The fourth-order valence-electron chi connectivity index (χ4n) is 2.69. The van der Waals surface area contributed by atoms with Crippen LogP contribution in [0.5, 0.6) is 17.2 Å². The lowest BCUT2D eigenvalue weighted by atomic mass is 10.1. The molecular formula is C25H30O4. The van der Waals surface area contributed by atoms with Crippen LogP contribution in [0.2, 0.25) is 0 Å². The second-order valence-electron chi connectivity index (χ2n) is 7.31. The molecule has 4 heteroatoms. The third-order valence-electron chi connectivity index (χ3n) is 3.95. The van der Waals surface area contributed by atoms with Crippen LogP contribution in [-0.4, -0.2) is 24.6 Å². The van der Waals surface area contributed by atoms with Crippen LogP contribution in [0, 0.1) is 6.92 Å². The molecule has 0 unspecified atom stereocenters. The average molecular weight is 395 g/mol. The molecule has 2 aromatic rings. The number of carbonyl (C=O) groups excluding carboxylic acids is 1. The van der Waals surface area contributed by atoms with E-state index in [0.29, 0.717) is 23.7 Å². The first-order chi connectivity index (χ1) is 13.8. The summed E-state index contributed by atoms with van der Waals surface area (Å²) in [5, 5.41) is 0. The van der Waals surface area contributed by atoms with Crippen molar-refractivity contribution in [2.45, 2.75) is 46.8 Å². The Kier molecular flexibility index (Phi) is 8.08. The molecule has 0 N–H and O–H groups in total. The van der Waals surface area contributed by atoms with E-state index >= 15 is 0 Å². The number of hydrogen-bond donors (Lipinski definition) is 0. The molecule has 0 saturated carbocycles. The van der Waals surface area contributed by atoms with Crippen molar-refractivity contribution in [3.63, 3.8) is 0 Å². The SMILES string of the molecule is C=CCOc1ccc(C(=O)/C=C/c2cc(C)c(OC(C)C)cc2OC(C)C)cc1. The highest BCUT2D eigenvalue weighted by atomic mass is 16.5. The molecule has 0 amide bonds. The van der Waals surface area contributed by atoms with Gasteiger partial charge in [-0.3, -0.25) is 4.79 Å². The molecule has 0 spiro atoms. The highest BCUT2D eigenvalue weighted by Crippen LogP contribution is 2.31. The number of hydrogen-bond acceptors (Lipinski definition) is 4. The summed E-state index contributed by atoms with van der Waals surface area (Å²) in [5.74, 6) is 2.10. The number of benzene rings is 2. The highest BCUT2D eigenvalue weighted by Gasteiger charge is 2.11. The molecule has 0 heterocycles. The third-order valence-corrected chi connectivity index (χ3v) is 3.95. The zero-order valence-electron chi connectivity index (χ0n) is 17.9. The Balaban J connectivity index is 2.24. The smallest absolute Gasteiger partial charge is 0.185 e. The summed E-state index contributed by atoms with van der Waals surface area (Å²) in [6.45, 7) is 14.0. The minimum atomic E-state index is -0.0871. The molecule has 0 aliphatic rings. The minimum Gasteiger partial charge on any atom is -0.491 e. The van der Waals surface area contributed by atoms with Gasteiger partial charge in [0, 0.05) is 17.2 Å². The molecule has 0 fully saturated rings. The Labute approximate surface area is 173 Å². The normalized spacial score (nSPS) is 11.1. The first-order valence-corrected chi connectivity index (χ1v) is 9.84. The molecule has 0 aliphatic carbocycles. The third kappa shape index (κ3) is 6.83. The quantitative estimate of drug-likeness (QED) is 0.280. The Hall–Kier alpha value is -3.01. The number of allylic oxidation sites excluding steroid dienone is 1. The molecule has 0 aliphatic heterocycles. The van der Waals surface area contributed by atoms with Gasteiger partial charge in [-0.2, -0.15) is 0 Å². The number of aryl methyl sites for hydroxylation is 1. The van der Waals surface area contributed by atoms with Crippen molar-refractivity contribution in [2.24, 2.45) is 0 Å². The van der Waals surface area contributed by atoms with Crippen LogP contribution >= 0.6 is 0 Å². The molecule has 0 bridgehead atoms. The lowest BCUT2D eigenvalue weighted by molar-refractivity contribution is 0.104. The maximum absolute atomic E-state index is 12.6. The van der Waals surface area contributed by atoms with Crippen LogP contribution in [0.25, 0.3) is 6.08 Å². The summed E-state index contributed by atoms with van der Waals surface area (Å²) in [5.41, 5.74) is 2.42. The van der Waals surface area contributed by atoms with Gasteiger partial charge < -0.3 is 14.2 Å². The van der Waals surface area contributed by atoms with E-state index in [-0.39, 0.29) is 18.0 Å². The topological polar surface area (TPSA) is 44.8 Å². The second-order valence-corrected chi connectivity index (χ2v) is 7.31. The highest BCUT2D eigenvalue weighted by molar-refractivity contribution is 6.07. The van der Waals surface area contributed by atoms with E-state index in [0.717, 1.165) is 16.9 Å². The Morgan fingerprint density at radius 3 is 2.21 bits per heavy atom. The van der Waals surface area contributed by atoms with Gasteiger partial charge in [-0.15, -0.1) is 0 Å². The fraction of sp³-hybridized carbons (Fsp3) is 0.320. The lowest BCUT2D eigenvalue weighted by Crippen LogP contribution is -2.10. The molecular weight excluding hydrogens is 364 g/mol. The van der Waals surface area contributed by atoms with E-state index in [1.54, 1.807) is 42.5 Å². The van der Waals surface area contributed by atoms with E-state index in [2.05, 4.69) is 6.58 Å². The second kappa shape index (κ2) is 10.5. The first kappa shape index (κ1) is 22.3. The van der Waals surface area contributed by atoms with Crippen LogP contribution in [0.15, 0.2) is 55.1 Å². The van der Waals surface area contributed by atoms with Crippen molar-refractivity contribution in [1.29, 1.82) is 0 Å². The van der Waals surface area contributed by atoms with Crippen molar-refractivity contribution < 1.29 is 19.0 Å². The van der Waals surface area contributed by atoms with E-state index < -0.39 is 0 Å². The van der Waals surface area contributed by atoms with E-state index in [4.69, 9.17) is 14.2 Å². The van der Waals surface area contributed by atoms with Crippen molar-refractivity contribution in [3.05, 3.63) is 71.8 Å². The zero-order valence-corrected chi connectivity index (χ0v) is 17.9. The van der Waals surface area contributed by atoms with Gasteiger partial charge in [0.05, 0.1) is 12.2 Å². The van der Waals surface area contributed by atoms with E-state index in [1.165, 1.54) is 0 Å². The molecule has 4 nitrogen and oxygen atoms in total. The van der Waals surface area contributed by atoms with Gasteiger partial charge in [-0.05, 0) is 82.7 Å². The van der Waals surface area contributed by atoms with Crippen molar-refractivity contribution >= 4 is 11.9 Å². The standard InChI is InChI=1S/C25H30O4/c1-7-14-27-22-11-8-20(9-12-22)23(26)13-10-21-15-19(6)24(28-17(2)3)16-25(21)29-18(4)5/h7-13,15-18H,1,14H2,2-6H3/b13-10+. The van der Waals surface area contributed by atoms with Crippen molar-refractivity contribution in [1.82, 2.24) is 0 Å². The van der Waals surface area contributed by atoms with Gasteiger partial charge in [0.1, 0.15) is 23.9 Å². The molecule has 2 rings (SSSR count). The lowest BCUT2D eigenvalue weighted by Gasteiger charge is -2.18. The fourth-order valence-corrected chi connectivity index (χ4v) is 2.69. The maximum Gasteiger partial charge on any atom is 0.185 e. The maximum atomic E-state index is 12.6.